The Bertz CT molecular complexity index is 749. The lowest BCUT2D eigenvalue weighted by Crippen LogP contribution is -2.36. The van der Waals surface area contributed by atoms with Crippen LogP contribution < -0.4 is 0 Å². The molecule has 1 aromatic heterocycles. The highest BCUT2D eigenvalue weighted by molar-refractivity contribution is 5.73. The summed E-state index contributed by atoms with van der Waals surface area (Å²) < 4.78 is 65.8. The van der Waals surface area contributed by atoms with Crippen LogP contribution in [0.4, 0.5) is 26.3 Å². The molecule has 1 aliphatic carbocycles. The van der Waals surface area contributed by atoms with Crippen LogP contribution in [0.2, 0.25) is 0 Å². The van der Waals surface area contributed by atoms with Gasteiger partial charge in [-0.25, -0.2) is 14.6 Å². The molecule has 1 fully saturated rings. The van der Waals surface area contributed by atoms with Gasteiger partial charge in [-0.05, 0) is 32.9 Å². The number of hydrogen-bond acceptors (Lipinski definition) is 5. The van der Waals surface area contributed by atoms with Gasteiger partial charge in [-0.1, -0.05) is 12.8 Å². The Morgan fingerprint density at radius 1 is 1.03 bits per heavy atom. The number of hydrogen-bond donors (Lipinski definition) is 2. The van der Waals surface area contributed by atoms with Gasteiger partial charge < -0.3 is 19.7 Å². The summed E-state index contributed by atoms with van der Waals surface area (Å²) in [4.78, 5) is 27.4. The molecule has 0 radical (unpaired) electrons. The number of rotatable bonds is 4. The van der Waals surface area contributed by atoms with E-state index in [0.29, 0.717) is 0 Å². The molecule has 8 nitrogen and oxygen atoms in total. The van der Waals surface area contributed by atoms with Gasteiger partial charge in [0.15, 0.2) is 0 Å². The molecular formula is C19H28F6N4O4. The molecule has 0 amide bonds. The lowest BCUT2D eigenvalue weighted by atomic mass is 10.1. The molecule has 0 bridgehead atoms. The lowest BCUT2D eigenvalue weighted by Gasteiger charge is -2.29. The summed E-state index contributed by atoms with van der Waals surface area (Å²) in [7, 11) is 4.20. The highest BCUT2D eigenvalue weighted by atomic mass is 19.4. The number of carboxylic acids is 2. The molecule has 33 heavy (non-hydrogen) atoms. The Hall–Kier alpha value is -2.35. The van der Waals surface area contributed by atoms with Crippen molar-refractivity contribution in [3.63, 3.8) is 0 Å². The third kappa shape index (κ3) is 10.9. The van der Waals surface area contributed by atoms with E-state index in [9.17, 15) is 26.3 Å². The average molecular weight is 490 g/mol. The van der Waals surface area contributed by atoms with Crippen molar-refractivity contribution < 1.29 is 46.1 Å². The number of aromatic nitrogens is 2. The Labute approximate surface area is 186 Å². The molecule has 0 spiro atoms. The molecule has 0 unspecified atom stereocenters. The maximum absolute atomic E-state index is 10.6. The van der Waals surface area contributed by atoms with E-state index in [1.165, 1.54) is 50.3 Å². The second-order valence-corrected chi connectivity index (χ2v) is 8.07. The van der Waals surface area contributed by atoms with Gasteiger partial charge in [0.2, 0.25) is 0 Å². The Balaban J connectivity index is 0.000000324. The smallest absolute Gasteiger partial charge is 0.475 e. The Kier molecular flexibility index (Phi) is 10.6. The van der Waals surface area contributed by atoms with Crippen LogP contribution in [0.25, 0.3) is 0 Å². The normalized spacial score (nSPS) is 17.0. The molecule has 2 aliphatic rings. The number of nitrogens with zero attached hydrogens (tertiary/aromatic N) is 4. The number of carbonyl (C=O) groups is 2. The van der Waals surface area contributed by atoms with Crippen molar-refractivity contribution in [2.45, 2.75) is 57.7 Å². The number of alkyl halides is 6. The van der Waals surface area contributed by atoms with Gasteiger partial charge in [0.1, 0.15) is 5.82 Å². The number of aliphatic carboxylic acids is 2. The minimum absolute atomic E-state index is 0.947. The van der Waals surface area contributed by atoms with Gasteiger partial charge in [0, 0.05) is 32.4 Å². The summed E-state index contributed by atoms with van der Waals surface area (Å²) in [5.41, 5.74) is 1.21. The molecule has 2 heterocycles. The highest BCUT2D eigenvalue weighted by Gasteiger charge is 2.38. The summed E-state index contributed by atoms with van der Waals surface area (Å²) in [5, 5.41) is 14.2. The summed E-state index contributed by atoms with van der Waals surface area (Å²) in [6.45, 7) is 5.59. The minimum atomic E-state index is -5.08. The van der Waals surface area contributed by atoms with Crippen LogP contribution in [-0.4, -0.2) is 81.0 Å². The highest BCUT2D eigenvalue weighted by Crippen LogP contribution is 2.26. The van der Waals surface area contributed by atoms with Gasteiger partial charge in [-0.2, -0.15) is 26.3 Å². The minimum Gasteiger partial charge on any atom is -0.475 e. The van der Waals surface area contributed by atoms with Crippen molar-refractivity contribution in [2.24, 2.45) is 5.92 Å². The van der Waals surface area contributed by atoms with E-state index in [1.54, 1.807) is 0 Å². The fourth-order valence-electron chi connectivity index (χ4n) is 3.48. The molecule has 14 heteroatoms. The van der Waals surface area contributed by atoms with Crippen molar-refractivity contribution in [1.82, 2.24) is 19.4 Å². The molecule has 190 valence electrons. The van der Waals surface area contributed by atoms with Crippen molar-refractivity contribution in [3.05, 3.63) is 17.7 Å². The van der Waals surface area contributed by atoms with E-state index < -0.39 is 24.3 Å². The first-order chi connectivity index (χ1) is 15.1. The average Bonchev–Trinajstić information content (AvgIpc) is 3.29. The lowest BCUT2D eigenvalue weighted by molar-refractivity contribution is -0.193. The largest absolute Gasteiger partial charge is 0.490 e. The van der Waals surface area contributed by atoms with E-state index in [-0.39, 0.29) is 0 Å². The van der Waals surface area contributed by atoms with E-state index in [2.05, 4.69) is 34.7 Å². The van der Waals surface area contributed by atoms with Crippen LogP contribution in [0.3, 0.4) is 0 Å². The third-order valence-electron chi connectivity index (χ3n) is 4.89. The second-order valence-electron chi connectivity index (χ2n) is 8.07. The topological polar surface area (TPSA) is 98.9 Å². The predicted octanol–water partition coefficient (Wildman–Crippen LogP) is 3.22. The molecule has 0 atom stereocenters. The zero-order valence-electron chi connectivity index (χ0n) is 18.3. The van der Waals surface area contributed by atoms with E-state index in [0.717, 1.165) is 25.6 Å². The van der Waals surface area contributed by atoms with Crippen molar-refractivity contribution in [1.29, 1.82) is 0 Å². The van der Waals surface area contributed by atoms with Gasteiger partial charge in [0.25, 0.3) is 0 Å². The van der Waals surface area contributed by atoms with E-state index in [4.69, 9.17) is 24.8 Å². The van der Waals surface area contributed by atoms with E-state index >= 15 is 0 Å². The first-order valence-electron chi connectivity index (χ1n) is 10.1. The summed E-state index contributed by atoms with van der Waals surface area (Å²) in [6.07, 6.45) is -2.16. The molecule has 1 saturated carbocycles. The van der Waals surface area contributed by atoms with Crippen molar-refractivity contribution in [3.8, 4) is 0 Å². The number of halogens is 6. The first-order valence-corrected chi connectivity index (χ1v) is 10.1. The Morgan fingerprint density at radius 2 is 1.52 bits per heavy atom. The molecule has 3 rings (SSSR count). The van der Waals surface area contributed by atoms with Gasteiger partial charge >= 0.3 is 24.3 Å². The van der Waals surface area contributed by atoms with Gasteiger partial charge in [0.05, 0.1) is 12.2 Å². The SMILES string of the molecule is CN(C)Cc1cn2c(n1)CN(CC1CCCC1)CC2.O=C(O)C(F)(F)F.O=C(O)C(F)(F)F. The van der Waals surface area contributed by atoms with E-state index in [1.807, 2.05) is 0 Å². The predicted molar refractivity (Wildman–Crippen MR) is 104 cm³/mol. The van der Waals surface area contributed by atoms with Crippen LogP contribution in [0.15, 0.2) is 6.20 Å². The molecule has 0 saturated heterocycles. The standard InChI is InChI=1S/C15H26N4.2C2HF3O2/c1-17(2)10-14-11-19-8-7-18(12-15(19)16-14)9-13-5-3-4-6-13;2*3-2(4,5)1(6)7/h11,13H,3-10,12H2,1-2H3;2*(H,6,7). The van der Waals surface area contributed by atoms with Crippen LogP contribution in [0.1, 0.15) is 37.2 Å². The maximum atomic E-state index is 10.6. The van der Waals surface area contributed by atoms with Crippen LogP contribution in [-0.2, 0) is 29.2 Å². The zero-order chi connectivity index (χ0) is 25.4. The fourth-order valence-corrected chi connectivity index (χ4v) is 3.48. The summed E-state index contributed by atoms with van der Waals surface area (Å²) in [5.74, 6) is -3.30. The number of fused-ring (bicyclic) bond motifs is 1. The van der Waals surface area contributed by atoms with Gasteiger partial charge in [-0.15, -0.1) is 0 Å². The third-order valence-corrected chi connectivity index (χ3v) is 4.89. The van der Waals surface area contributed by atoms with Crippen LogP contribution >= 0.6 is 0 Å². The number of carboxylic acid groups (broad SMARTS) is 2. The van der Waals surface area contributed by atoms with Crippen LogP contribution in [0.5, 0.6) is 0 Å². The van der Waals surface area contributed by atoms with Crippen molar-refractivity contribution in [2.75, 3.05) is 27.2 Å². The fraction of sp³-hybridized carbons (Fsp3) is 0.737. The summed E-state index contributed by atoms with van der Waals surface area (Å²) in [6, 6.07) is 0. The first kappa shape index (κ1) is 28.7. The molecule has 2 N–H and O–H groups in total. The monoisotopic (exact) mass is 490 g/mol. The summed E-state index contributed by atoms with van der Waals surface area (Å²) >= 11 is 0. The zero-order valence-corrected chi connectivity index (χ0v) is 18.3. The molecule has 1 aromatic rings. The van der Waals surface area contributed by atoms with Crippen molar-refractivity contribution >= 4 is 11.9 Å². The van der Waals surface area contributed by atoms with Gasteiger partial charge in [-0.3, -0.25) is 4.90 Å². The number of imidazole rings is 1. The molecular weight excluding hydrogens is 462 g/mol. The molecule has 1 aliphatic heterocycles. The quantitative estimate of drug-likeness (QED) is 0.626. The molecule has 0 aromatic carbocycles. The second kappa shape index (κ2) is 12.2. The van der Waals surface area contributed by atoms with Crippen LogP contribution in [0, 0.1) is 5.92 Å². The Morgan fingerprint density at radius 3 is 1.94 bits per heavy atom. The maximum Gasteiger partial charge on any atom is 0.490 e.